The van der Waals surface area contributed by atoms with E-state index in [9.17, 15) is 34.5 Å². The second kappa shape index (κ2) is 56.4. The Morgan fingerprint density at radius 3 is 1.22 bits per heavy atom. The van der Waals surface area contributed by atoms with Gasteiger partial charge in [0.1, 0.15) is 18.8 Å². The van der Waals surface area contributed by atoms with Gasteiger partial charge in [0.25, 0.3) is 0 Å². The first kappa shape index (κ1) is 74.9. The zero-order valence-electron chi connectivity index (χ0n) is 51.3. The normalized spacial score (nSPS) is 18.3. The highest BCUT2D eigenvalue weighted by molar-refractivity contribution is 5.74. The van der Waals surface area contributed by atoms with Crippen molar-refractivity contribution in [3.05, 3.63) is 85.1 Å². The van der Waals surface area contributed by atoms with Gasteiger partial charge in [-0.15, -0.1) is 0 Å². The molecule has 0 bridgehead atoms. The van der Waals surface area contributed by atoms with Crippen LogP contribution < -0.4 is 0 Å². The molecule has 3 N–H and O–H groups in total. The van der Waals surface area contributed by atoms with Gasteiger partial charge in [0, 0.05) is 19.3 Å². The first-order valence-corrected chi connectivity index (χ1v) is 32.6. The topological polar surface area (TPSA) is 175 Å². The van der Waals surface area contributed by atoms with Crippen LogP contribution >= 0.6 is 0 Å². The Balaban J connectivity index is 2.67. The molecule has 0 aromatic rings. The monoisotopic (exact) mass is 1140 g/mol. The maximum absolute atomic E-state index is 13.2. The summed E-state index contributed by atoms with van der Waals surface area (Å²) in [5.74, 6) is -3.15. The number of aliphatic hydroxyl groups is 2. The number of aliphatic carboxylic acids is 1. The lowest BCUT2D eigenvalue weighted by atomic mass is 9.98. The van der Waals surface area contributed by atoms with E-state index in [1.54, 1.807) is 0 Å². The van der Waals surface area contributed by atoms with Crippen LogP contribution in [0.4, 0.5) is 0 Å². The van der Waals surface area contributed by atoms with E-state index < -0.39 is 67.3 Å². The molecule has 464 valence electrons. The van der Waals surface area contributed by atoms with Crippen LogP contribution in [-0.4, -0.2) is 89.2 Å². The Hall–Kier alpha value is -4.10. The number of carboxylic acids is 1. The minimum atomic E-state index is -1.91. The molecule has 6 atom stereocenters. The molecule has 0 aromatic heterocycles. The van der Waals surface area contributed by atoms with Crippen molar-refractivity contribution in [3.8, 4) is 0 Å². The molecule has 0 aromatic carbocycles. The van der Waals surface area contributed by atoms with Gasteiger partial charge in [-0.2, -0.15) is 0 Å². The Kier molecular flexibility index (Phi) is 52.1. The maximum atomic E-state index is 13.2. The number of carboxylic acid groups (broad SMARTS) is 1. The van der Waals surface area contributed by atoms with Crippen LogP contribution in [0.1, 0.15) is 278 Å². The highest BCUT2D eigenvalue weighted by Crippen LogP contribution is 2.26. The molecule has 1 fully saturated rings. The first-order valence-electron chi connectivity index (χ1n) is 32.6. The Labute approximate surface area is 492 Å². The highest BCUT2D eigenvalue weighted by Gasteiger charge is 2.50. The third-order valence-corrected chi connectivity index (χ3v) is 14.4. The SMILES string of the molecule is CC/C=C\C/C=C\C/C=C\C/C=C\CCCCCCCCC(=O)OC1C(OCC(COC(=O)CCCCCCCCC/C=C\C/C=C\CCCCC)OC(=O)CCCCCCC/C=C\CCCCCCCC)OC(C(=O)O)C(O)C1O. The fourth-order valence-electron chi connectivity index (χ4n) is 9.44. The zero-order valence-corrected chi connectivity index (χ0v) is 51.3. The third-order valence-electron chi connectivity index (χ3n) is 14.4. The molecule has 1 saturated heterocycles. The van der Waals surface area contributed by atoms with Crippen molar-refractivity contribution in [1.29, 1.82) is 0 Å². The van der Waals surface area contributed by atoms with Gasteiger partial charge in [-0.05, 0) is 116 Å². The smallest absolute Gasteiger partial charge is 0.335 e. The van der Waals surface area contributed by atoms with E-state index in [0.717, 1.165) is 141 Å². The minimum absolute atomic E-state index is 0.0401. The second-order valence-electron chi connectivity index (χ2n) is 22.0. The molecular weight excluding hydrogens is 1020 g/mol. The van der Waals surface area contributed by atoms with Crippen LogP contribution in [-0.2, 0) is 42.9 Å². The second-order valence-corrected chi connectivity index (χ2v) is 22.0. The lowest BCUT2D eigenvalue weighted by Crippen LogP contribution is -2.61. The van der Waals surface area contributed by atoms with E-state index in [2.05, 4.69) is 106 Å². The van der Waals surface area contributed by atoms with Gasteiger partial charge < -0.3 is 39.0 Å². The molecule has 1 rings (SSSR count). The summed E-state index contributed by atoms with van der Waals surface area (Å²) >= 11 is 0. The standard InChI is InChI=1S/C69H116O12/c1-4-7-10-13-16-19-22-25-28-30-31-33-36-39-42-45-48-51-54-57-63(72)80-67-65(74)64(73)66(68(75)76)81-69(67)78-59-60(79-62(71)56-53-50-47-44-41-38-34-27-24-21-18-15-12-9-6-3)58-77-61(70)55-52-49-46-43-40-37-35-32-29-26-23-20-17-14-11-8-5-2/h7,10,16-17,19-20,25-29,31,33-34,60,64-67,69,73-74H,4-6,8-9,11-15,18,21-24,30,32,35-59H2,1-3H3,(H,75,76)/b10-7-,19-16-,20-17-,28-25-,29-26-,33-31-,34-27-. The molecule has 1 aliphatic heterocycles. The first-order chi connectivity index (χ1) is 39.6. The summed E-state index contributed by atoms with van der Waals surface area (Å²) in [4.78, 5) is 51.3. The van der Waals surface area contributed by atoms with Crippen LogP contribution in [0, 0.1) is 0 Å². The van der Waals surface area contributed by atoms with E-state index in [-0.39, 0.29) is 25.9 Å². The van der Waals surface area contributed by atoms with Crippen molar-refractivity contribution in [3.63, 3.8) is 0 Å². The Morgan fingerprint density at radius 1 is 0.420 bits per heavy atom. The molecule has 1 heterocycles. The number of rotatable bonds is 55. The fraction of sp³-hybridized carbons (Fsp3) is 0.739. The summed E-state index contributed by atoms with van der Waals surface area (Å²) in [6, 6.07) is 0. The molecule has 12 nitrogen and oxygen atoms in total. The van der Waals surface area contributed by atoms with Gasteiger partial charge in [-0.25, -0.2) is 4.79 Å². The number of hydrogen-bond acceptors (Lipinski definition) is 11. The van der Waals surface area contributed by atoms with Crippen LogP contribution in [0.5, 0.6) is 0 Å². The summed E-state index contributed by atoms with van der Waals surface area (Å²) in [5.41, 5.74) is 0. The molecule has 0 saturated carbocycles. The number of ether oxygens (including phenoxy) is 5. The van der Waals surface area contributed by atoms with E-state index in [0.29, 0.717) is 19.3 Å². The van der Waals surface area contributed by atoms with Gasteiger partial charge in [0.2, 0.25) is 0 Å². The van der Waals surface area contributed by atoms with Crippen molar-refractivity contribution < 1.29 is 58.2 Å². The zero-order chi connectivity index (χ0) is 58.9. The summed E-state index contributed by atoms with van der Waals surface area (Å²) in [6.45, 7) is 5.86. The van der Waals surface area contributed by atoms with Crippen molar-refractivity contribution in [2.45, 2.75) is 314 Å². The summed E-state index contributed by atoms with van der Waals surface area (Å²) < 4.78 is 28.5. The highest BCUT2D eigenvalue weighted by atomic mass is 16.7. The van der Waals surface area contributed by atoms with Crippen LogP contribution in [0.2, 0.25) is 0 Å². The number of carbonyl (C=O) groups is 4. The minimum Gasteiger partial charge on any atom is -0.479 e. The maximum Gasteiger partial charge on any atom is 0.335 e. The third kappa shape index (κ3) is 46.0. The van der Waals surface area contributed by atoms with Crippen LogP contribution in [0.25, 0.3) is 0 Å². The molecule has 12 heteroatoms. The average Bonchev–Trinajstić information content (AvgIpc) is 3.54. The Bertz CT molecular complexity index is 1730. The lowest BCUT2D eigenvalue weighted by Gasteiger charge is -2.40. The molecule has 81 heavy (non-hydrogen) atoms. The molecule has 0 radical (unpaired) electrons. The van der Waals surface area contributed by atoms with E-state index in [1.807, 2.05) is 0 Å². The number of unbranched alkanes of at least 4 members (excludes halogenated alkanes) is 27. The predicted molar refractivity (Wildman–Crippen MR) is 331 cm³/mol. The van der Waals surface area contributed by atoms with Crippen molar-refractivity contribution in [2.24, 2.45) is 0 Å². The van der Waals surface area contributed by atoms with Gasteiger partial charge in [-0.3, -0.25) is 14.4 Å². The van der Waals surface area contributed by atoms with E-state index in [4.69, 9.17) is 23.7 Å². The number of allylic oxidation sites excluding steroid dienone is 14. The number of hydrogen-bond donors (Lipinski definition) is 3. The summed E-state index contributed by atoms with van der Waals surface area (Å²) in [6.07, 6.45) is 61.0. The molecule has 6 unspecified atom stereocenters. The molecule has 1 aliphatic rings. The predicted octanol–water partition coefficient (Wildman–Crippen LogP) is 17.5. The molecule has 0 amide bonds. The molecular formula is C69H116O12. The van der Waals surface area contributed by atoms with Crippen molar-refractivity contribution in [2.75, 3.05) is 13.2 Å². The number of carbonyl (C=O) groups excluding carboxylic acids is 3. The lowest BCUT2D eigenvalue weighted by molar-refractivity contribution is -0.301. The van der Waals surface area contributed by atoms with E-state index >= 15 is 0 Å². The average molecular weight is 1140 g/mol. The Morgan fingerprint density at radius 2 is 0.778 bits per heavy atom. The van der Waals surface area contributed by atoms with E-state index in [1.165, 1.54) is 77.0 Å². The van der Waals surface area contributed by atoms with Gasteiger partial charge in [-0.1, -0.05) is 228 Å². The van der Waals surface area contributed by atoms with Crippen LogP contribution in [0.15, 0.2) is 85.1 Å². The number of esters is 3. The van der Waals surface area contributed by atoms with Gasteiger partial charge in [0.15, 0.2) is 24.6 Å². The fourth-order valence-corrected chi connectivity index (χ4v) is 9.44. The van der Waals surface area contributed by atoms with Gasteiger partial charge >= 0.3 is 23.9 Å². The quantitative estimate of drug-likeness (QED) is 0.0228. The number of aliphatic hydroxyl groups excluding tert-OH is 2. The van der Waals surface area contributed by atoms with Crippen molar-refractivity contribution >= 4 is 23.9 Å². The van der Waals surface area contributed by atoms with Gasteiger partial charge in [0.05, 0.1) is 6.61 Å². The van der Waals surface area contributed by atoms with Crippen LogP contribution in [0.3, 0.4) is 0 Å². The van der Waals surface area contributed by atoms with Crippen molar-refractivity contribution in [1.82, 2.24) is 0 Å². The summed E-state index contributed by atoms with van der Waals surface area (Å²) in [7, 11) is 0. The largest absolute Gasteiger partial charge is 0.479 e. The molecule has 0 spiro atoms. The molecule has 0 aliphatic carbocycles. The summed E-state index contributed by atoms with van der Waals surface area (Å²) in [5, 5.41) is 31.6.